The molecule has 6 nitrogen and oxygen atoms in total. The van der Waals surface area contributed by atoms with Gasteiger partial charge in [0.25, 0.3) is 5.56 Å². The van der Waals surface area contributed by atoms with Crippen molar-refractivity contribution in [1.82, 2.24) is 14.7 Å². The Kier molecular flexibility index (Phi) is 3.25. The van der Waals surface area contributed by atoms with E-state index in [2.05, 4.69) is 10.3 Å². The average Bonchev–Trinajstić information content (AvgIpc) is 2.38. The minimum Gasteiger partial charge on any atom is -0.480 e. The van der Waals surface area contributed by atoms with Crippen LogP contribution in [0.15, 0.2) is 29.2 Å². The van der Waals surface area contributed by atoms with Crippen LogP contribution < -0.4 is 10.9 Å². The molecular formula is C15H17N3O3. The number of nitrogens with zero attached hydrogens (tertiary/aromatic N) is 2. The highest BCUT2D eigenvalue weighted by atomic mass is 16.4. The minimum atomic E-state index is -0.849. The third kappa shape index (κ3) is 2.31. The third-order valence-corrected chi connectivity index (χ3v) is 4.16. The van der Waals surface area contributed by atoms with E-state index in [9.17, 15) is 14.7 Å². The Morgan fingerprint density at radius 3 is 2.90 bits per heavy atom. The van der Waals surface area contributed by atoms with Gasteiger partial charge >= 0.3 is 5.97 Å². The molecule has 1 aliphatic carbocycles. The van der Waals surface area contributed by atoms with Crippen LogP contribution in [0, 0.1) is 6.92 Å². The molecule has 0 saturated heterocycles. The molecule has 21 heavy (non-hydrogen) atoms. The maximum atomic E-state index is 12.1. The lowest BCUT2D eigenvalue weighted by molar-refractivity contribution is -0.148. The second-order valence-corrected chi connectivity index (χ2v) is 5.56. The highest BCUT2D eigenvalue weighted by Crippen LogP contribution is 2.32. The Bertz CT molecular complexity index is 762. The topological polar surface area (TPSA) is 83.7 Å². The van der Waals surface area contributed by atoms with Crippen LogP contribution in [0.3, 0.4) is 0 Å². The molecule has 3 rings (SSSR count). The summed E-state index contributed by atoms with van der Waals surface area (Å²) >= 11 is 0. The van der Waals surface area contributed by atoms with E-state index in [1.165, 1.54) is 10.5 Å². The van der Waals surface area contributed by atoms with E-state index in [0.717, 1.165) is 12.0 Å². The number of pyridine rings is 1. The van der Waals surface area contributed by atoms with Crippen LogP contribution in [0.25, 0.3) is 5.65 Å². The lowest BCUT2D eigenvalue weighted by atomic mass is 9.77. The van der Waals surface area contributed by atoms with Crippen LogP contribution in [0.4, 0.5) is 0 Å². The Balaban J connectivity index is 1.90. The van der Waals surface area contributed by atoms with Crippen LogP contribution in [0.1, 0.15) is 30.5 Å². The van der Waals surface area contributed by atoms with Crippen LogP contribution >= 0.6 is 0 Å². The summed E-state index contributed by atoms with van der Waals surface area (Å²) in [5.41, 5.74) is 1.09. The summed E-state index contributed by atoms with van der Waals surface area (Å²) in [5, 5.41) is 12.3. The van der Waals surface area contributed by atoms with Gasteiger partial charge in [0, 0.05) is 18.8 Å². The quantitative estimate of drug-likeness (QED) is 0.879. The molecule has 0 amide bonds. The van der Waals surface area contributed by atoms with E-state index in [1.807, 2.05) is 13.0 Å². The van der Waals surface area contributed by atoms with Gasteiger partial charge < -0.3 is 5.11 Å². The van der Waals surface area contributed by atoms with Crippen molar-refractivity contribution in [3.8, 4) is 0 Å². The summed E-state index contributed by atoms with van der Waals surface area (Å²) in [6.45, 7) is 2.18. The Morgan fingerprint density at radius 1 is 1.52 bits per heavy atom. The lowest BCUT2D eigenvalue weighted by Gasteiger charge is -2.38. The van der Waals surface area contributed by atoms with Crippen LogP contribution in [-0.4, -0.2) is 26.0 Å². The number of hydrogen-bond donors (Lipinski definition) is 2. The van der Waals surface area contributed by atoms with Gasteiger partial charge in [0.05, 0.1) is 5.69 Å². The molecule has 2 N–H and O–H groups in total. The van der Waals surface area contributed by atoms with Crippen molar-refractivity contribution in [3.63, 3.8) is 0 Å². The van der Waals surface area contributed by atoms with Crippen molar-refractivity contribution in [2.75, 3.05) is 0 Å². The molecule has 0 spiro atoms. The van der Waals surface area contributed by atoms with Gasteiger partial charge in [-0.2, -0.15) is 0 Å². The van der Waals surface area contributed by atoms with E-state index < -0.39 is 11.5 Å². The highest BCUT2D eigenvalue weighted by Gasteiger charge is 2.43. The van der Waals surface area contributed by atoms with Crippen LogP contribution in [0.2, 0.25) is 0 Å². The summed E-state index contributed by atoms with van der Waals surface area (Å²) in [7, 11) is 0. The van der Waals surface area contributed by atoms with Gasteiger partial charge in [-0.15, -0.1) is 0 Å². The average molecular weight is 287 g/mol. The largest absolute Gasteiger partial charge is 0.480 e. The van der Waals surface area contributed by atoms with Crippen molar-refractivity contribution in [1.29, 1.82) is 0 Å². The summed E-state index contributed by atoms with van der Waals surface area (Å²) in [4.78, 5) is 27.8. The zero-order chi connectivity index (χ0) is 15.0. The molecule has 2 aromatic heterocycles. The molecule has 2 aromatic rings. The Labute approximate surface area is 121 Å². The molecule has 110 valence electrons. The normalized spacial score (nSPS) is 16.6. The molecule has 1 aliphatic rings. The molecule has 0 radical (unpaired) electrons. The van der Waals surface area contributed by atoms with E-state index in [-0.39, 0.29) is 12.1 Å². The number of hydrogen-bond acceptors (Lipinski definition) is 4. The van der Waals surface area contributed by atoms with Crippen molar-refractivity contribution >= 4 is 11.6 Å². The van der Waals surface area contributed by atoms with Crippen LogP contribution in [-0.2, 0) is 11.3 Å². The number of aliphatic carboxylic acids is 1. The van der Waals surface area contributed by atoms with Gasteiger partial charge in [0.1, 0.15) is 11.2 Å². The van der Waals surface area contributed by atoms with Gasteiger partial charge in [-0.05, 0) is 37.8 Å². The van der Waals surface area contributed by atoms with Gasteiger partial charge in [-0.1, -0.05) is 6.07 Å². The first-order chi connectivity index (χ1) is 10.0. The molecular weight excluding hydrogens is 270 g/mol. The molecule has 0 aromatic carbocycles. The molecule has 0 atom stereocenters. The Hall–Kier alpha value is -2.21. The number of carboxylic acid groups (broad SMARTS) is 1. The zero-order valence-electron chi connectivity index (χ0n) is 11.8. The van der Waals surface area contributed by atoms with Gasteiger partial charge in [-0.3, -0.25) is 19.3 Å². The number of aromatic nitrogens is 2. The van der Waals surface area contributed by atoms with E-state index in [0.29, 0.717) is 24.2 Å². The van der Waals surface area contributed by atoms with E-state index in [1.54, 1.807) is 12.3 Å². The van der Waals surface area contributed by atoms with Gasteiger partial charge in [-0.25, -0.2) is 4.98 Å². The molecule has 0 aliphatic heterocycles. The predicted octanol–water partition coefficient (Wildman–Crippen LogP) is 1.10. The third-order valence-electron chi connectivity index (χ3n) is 4.16. The standard InChI is InChI=1S/C15H17N3O3/c1-10-4-2-7-18-12(19)8-11(17-13(10)18)9-16-15(14(20)21)5-3-6-15/h2,4,7-8,16H,3,5-6,9H2,1H3,(H,20,21). The molecule has 2 heterocycles. The first-order valence-corrected chi connectivity index (χ1v) is 6.98. The maximum Gasteiger partial charge on any atom is 0.323 e. The number of aryl methyl sites for hydroxylation is 1. The van der Waals surface area contributed by atoms with Gasteiger partial charge in [0.2, 0.25) is 0 Å². The lowest BCUT2D eigenvalue weighted by Crippen LogP contribution is -2.56. The fraction of sp³-hybridized carbons (Fsp3) is 0.400. The van der Waals surface area contributed by atoms with Crippen molar-refractivity contribution in [2.45, 2.75) is 38.3 Å². The maximum absolute atomic E-state index is 12.1. The fourth-order valence-corrected chi connectivity index (χ4v) is 2.66. The SMILES string of the molecule is Cc1cccn2c(=O)cc(CNC3(C(=O)O)CCC3)nc12. The number of carboxylic acids is 1. The van der Waals surface area contributed by atoms with Crippen molar-refractivity contribution < 1.29 is 9.90 Å². The molecule has 0 unspecified atom stereocenters. The number of carbonyl (C=O) groups is 1. The first kappa shape index (κ1) is 13.8. The highest BCUT2D eigenvalue weighted by molar-refractivity contribution is 5.79. The van der Waals surface area contributed by atoms with Crippen LogP contribution in [0.5, 0.6) is 0 Å². The minimum absolute atomic E-state index is 0.154. The molecule has 6 heteroatoms. The molecule has 1 saturated carbocycles. The number of fused-ring (bicyclic) bond motifs is 1. The first-order valence-electron chi connectivity index (χ1n) is 6.98. The molecule has 1 fully saturated rings. The second kappa shape index (κ2) is 4.96. The van der Waals surface area contributed by atoms with E-state index >= 15 is 0 Å². The molecule has 0 bridgehead atoms. The Morgan fingerprint density at radius 2 is 2.29 bits per heavy atom. The van der Waals surface area contributed by atoms with E-state index in [4.69, 9.17) is 0 Å². The summed E-state index contributed by atoms with van der Waals surface area (Å²) in [6.07, 6.45) is 3.83. The summed E-state index contributed by atoms with van der Waals surface area (Å²) in [5.74, 6) is -0.831. The zero-order valence-corrected chi connectivity index (χ0v) is 11.8. The predicted molar refractivity (Wildman–Crippen MR) is 77.3 cm³/mol. The second-order valence-electron chi connectivity index (χ2n) is 5.56. The monoisotopic (exact) mass is 287 g/mol. The smallest absolute Gasteiger partial charge is 0.323 e. The van der Waals surface area contributed by atoms with Gasteiger partial charge in [0.15, 0.2) is 0 Å². The number of rotatable bonds is 4. The summed E-state index contributed by atoms with van der Waals surface area (Å²) in [6, 6.07) is 5.15. The number of nitrogens with one attached hydrogen (secondary N) is 1. The van der Waals surface area contributed by atoms with Crippen molar-refractivity contribution in [2.24, 2.45) is 0 Å². The summed E-state index contributed by atoms with van der Waals surface area (Å²) < 4.78 is 1.50. The fourth-order valence-electron chi connectivity index (χ4n) is 2.66. The van der Waals surface area contributed by atoms with Crippen molar-refractivity contribution in [3.05, 3.63) is 46.0 Å².